The third-order valence-electron chi connectivity index (χ3n) is 12.6. The van der Waals surface area contributed by atoms with Crippen molar-refractivity contribution in [2.45, 2.75) is 125 Å². The van der Waals surface area contributed by atoms with Crippen LogP contribution in [0.5, 0.6) is 0 Å². The zero-order valence-corrected chi connectivity index (χ0v) is 40.7. The smallest absolute Gasteiger partial charge is 0.330 e. The van der Waals surface area contributed by atoms with Gasteiger partial charge in [-0.05, 0) is 94.3 Å². The van der Waals surface area contributed by atoms with Crippen molar-refractivity contribution in [1.29, 1.82) is 0 Å². The summed E-state index contributed by atoms with van der Waals surface area (Å²) in [5, 5.41) is 35.4. The number of aromatic nitrogens is 2. The number of aliphatic hydroxyl groups is 1. The highest BCUT2D eigenvalue weighted by molar-refractivity contribution is 7.94. The molecule has 1 aromatic heterocycles. The van der Waals surface area contributed by atoms with Gasteiger partial charge in [0.2, 0.25) is 11.6 Å². The Bertz CT molecular complexity index is 2820. The third-order valence-corrected chi connectivity index (χ3v) is 14.0. The summed E-state index contributed by atoms with van der Waals surface area (Å²) in [5.74, 6) is 4.46. The molecule has 1 saturated heterocycles. The van der Waals surface area contributed by atoms with Gasteiger partial charge in [-0.2, -0.15) is 8.91 Å². The number of carboxylic acids is 1. The highest BCUT2D eigenvalue weighted by atomic mass is 32.2. The van der Waals surface area contributed by atoms with Crippen LogP contribution in [0.15, 0.2) is 98.1 Å². The van der Waals surface area contributed by atoms with E-state index in [0.29, 0.717) is 62.1 Å². The Morgan fingerprint density at radius 2 is 1.77 bits per heavy atom. The van der Waals surface area contributed by atoms with Crippen LogP contribution in [0.2, 0.25) is 0 Å². The first-order chi connectivity index (χ1) is 32.9. The second-order valence-electron chi connectivity index (χ2n) is 18.0. The number of nitrogens with one attached hydrogen (secondary N) is 2. The van der Waals surface area contributed by atoms with Crippen molar-refractivity contribution in [3.8, 4) is 11.8 Å². The minimum Gasteiger partial charge on any atom is -0.744 e. The van der Waals surface area contributed by atoms with Gasteiger partial charge in [-0.25, -0.2) is 13.2 Å². The van der Waals surface area contributed by atoms with E-state index in [9.17, 15) is 42.5 Å². The number of allylic oxidation sites excluding steroid dienone is 6. The number of carboxylic acid groups (broad SMARTS) is 1. The van der Waals surface area contributed by atoms with Crippen molar-refractivity contribution in [1.82, 2.24) is 14.9 Å². The lowest BCUT2D eigenvalue weighted by atomic mass is 9.81. The van der Waals surface area contributed by atoms with Crippen LogP contribution in [0.4, 0.5) is 11.4 Å². The van der Waals surface area contributed by atoms with E-state index in [1.54, 1.807) is 6.07 Å². The number of benzene rings is 2. The van der Waals surface area contributed by atoms with Crippen LogP contribution < -0.4 is 26.7 Å². The number of carbonyl (C=O) groups is 2. The fourth-order valence-corrected chi connectivity index (χ4v) is 9.94. The van der Waals surface area contributed by atoms with Gasteiger partial charge >= 0.3 is 11.7 Å². The van der Waals surface area contributed by atoms with Crippen LogP contribution in [-0.2, 0) is 44.6 Å². The number of amides is 1. The summed E-state index contributed by atoms with van der Waals surface area (Å²) in [6, 6.07) is 10.2. The summed E-state index contributed by atoms with van der Waals surface area (Å²) >= 11 is 0.815. The van der Waals surface area contributed by atoms with Crippen LogP contribution in [0.25, 0.3) is 0 Å². The number of nitrogens with zero attached hydrogens (tertiary/aromatic N) is 3. The van der Waals surface area contributed by atoms with Crippen molar-refractivity contribution >= 4 is 51.1 Å². The summed E-state index contributed by atoms with van der Waals surface area (Å²) in [6.45, 7) is 9.20. The number of aliphatic hydroxyl groups excluding tert-OH is 1. The molecule has 1 amide bonds. The molecule has 3 aromatic rings. The summed E-state index contributed by atoms with van der Waals surface area (Å²) < 4.78 is 49.7. The quantitative estimate of drug-likeness (QED) is 0.0153. The molecule has 0 bridgehead atoms. The number of aliphatic carboxylic acids is 1. The van der Waals surface area contributed by atoms with E-state index in [4.69, 9.17) is 9.84 Å². The standard InChI is InChI=1S/C49H59N5O13S2/c1-48(2)37-29-35(68-67-66-61)21-23-39(37)52(27-12-6-10-18-43(56)50-26-14-15-33-31-54(47(60)51-46(33)59)44-25-20-34(32-55)65-44)41(48)16-8-5-9-17-42-49(3,4)38-30-36(69(62,63)64)22-24-40(38)53(42)28-13-7-11-19-45(57)58/h5,8-9,16-17,21-24,29-31,34,44,55H,6-7,10-13,18-20,25-28,32H2,1-4H3,(H4-,50,51,56,57,58,59,60,61,62,63,64)/p-1/t34-,44+/m0/s1. The van der Waals surface area contributed by atoms with E-state index >= 15 is 0 Å². The molecule has 2 aromatic carbocycles. The van der Waals surface area contributed by atoms with E-state index in [0.717, 1.165) is 53.2 Å². The summed E-state index contributed by atoms with van der Waals surface area (Å²) in [6.07, 6.45) is 15.6. The second-order valence-corrected chi connectivity index (χ2v) is 20.2. The molecule has 2 atom stereocenters. The number of carbonyl (C=O) groups excluding carboxylic acids is 1. The van der Waals surface area contributed by atoms with Crippen molar-refractivity contribution in [3.63, 3.8) is 0 Å². The molecule has 18 nitrogen and oxygen atoms in total. The van der Waals surface area contributed by atoms with Gasteiger partial charge in [0, 0.05) is 71.4 Å². The van der Waals surface area contributed by atoms with E-state index in [1.165, 1.54) is 22.9 Å². The van der Waals surface area contributed by atoms with Gasteiger partial charge in [0.05, 0.1) is 41.6 Å². The van der Waals surface area contributed by atoms with Crippen molar-refractivity contribution in [2.24, 2.45) is 0 Å². The fraction of sp³-hybridized carbons (Fsp3) is 0.449. The fourth-order valence-electron chi connectivity index (χ4n) is 9.05. The molecule has 3 aliphatic heterocycles. The normalized spacial score (nSPS) is 18.8. The minimum atomic E-state index is -4.69. The van der Waals surface area contributed by atoms with Gasteiger partial charge in [0.25, 0.3) is 5.56 Å². The number of ether oxygens (including phenoxy) is 1. The number of unbranched alkanes of at least 4 members (excludes halogenated alkanes) is 4. The Balaban J connectivity index is 1.12. The third kappa shape index (κ3) is 13.0. The average molecular weight is 989 g/mol. The molecule has 370 valence electrons. The lowest BCUT2D eigenvalue weighted by molar-refractivity contribution is -0.777. The Labute approximate surface area is 405 Å². The molecule has 1 fully saturated rings. The van der Waals surface area contributed by atoms with E-state index in [1.807, 2.05) is 62.4 Å². The van der Waals surface area contributed by atoms with Gasteiger partial charge < -0.3 is 35.0 Å². The molecule has 69 heavy (non-hydrogen) atoms. The molecular weight excluding hydrogens is 931 g/mol. The van der Waals surface area contributed by atoms with E-state index < -0.39 is 44.4 Å². The molecule has 20 heteroatoms. The zero-order valence-electron chi connectivity index (χ0n) is 39.0. The van der Waals surface area contributed by atoms with Gasteiger partial charge in [0.1, 0.15) is 28.5 Å². The van der Waals surface area contributed by atoms with Gasteiger partial charge in [-0.1, -0.05) is 50.3 Å². The number of rotatable bonds is 22. The monoisotopic (exact) mass is 988 g/mol. The Morgan fingerprint density at radius 3 is 2.49 bits per heavy atom. The largest absolute Gasteiger partial charge is 0.744 e. The number of anilines is 1. The minimum absolute atomic E-state index is 0.00167. The first-order valence-electron chi connectivity index (χ1n) is 22.8. The van der Waals surface area contributed by atoms with E-state index in [2.05, 4.69) is 54.8 Å². The van der Waals surface area contributed by atoms with Crippen LogP contribution >= 0.6 is 12.0 Å². The molecule has 4 heterocycles. The number of hydrogen-bond donors (Lipinski definition) is 4. The van der Waals surface area contributed by atoms with Crippen molar-refractivity contribution < 1.29 is 56.7 Å². The first-order valence-corrected chi connectivity index (χ1v) is 25.0. The molecular formula is C49H58N5O13S2-. The molecule has 4 N–H and O–H groups in total. The summed E-state index contributed by atoms with van der Waals surface area (Å²) in [4.78, 5) is 53.3. The molecule has 0 radical (unpaired) electrons. The SMILES string of the molecule is CC1(C)C(/C=C/C=C/C=C2/N(CCCCCC(=O)O)c3ccc(S(=O)(=O)[O-])cc3C2(C)C)=[N+](CCCCCC(=O)NCC#Cc2cn([C@H]3CC[C@@H](CO)O3)c(=O)[nH]c2=O)c2ccc(SOO[O-])cc21. The molecule has 0 spiro atoms. The number of hydrogen-bond acceptors (Lipinski definition) is 14. The predicted molar refractivity (Wildman–Crippen MR) is 254 cm³/mol. The van der Waals surface area contributed by atoms with E-state index in [-0.39, 0.29) is 48.5 Å². The maximum absolute atomic E-state index is 12.7. The van der Waals surface area contributed by atoms with Gasteiger partial charge in [-0.15, -0.1) is 0 Å². The van der Waals surface area contributed by atoms with Crippen molar-refractivity contribution in [3.05, 3.63) is 116 Å². The maximum Gasteiger partial charge on any atom is 0.330 e. The number of fused-ring (bicyclic) bond motifs is 2. The maximum atomic E-state index is 12.7. The Kier molecular flexibility index (Phi) is 17.8. The zero-order chi connectivity index (χ0) is 49.9. The second kappa shape index (κ2) is 23.3. The topological polar surface area (TPSA) is 256 Å². The van der Waals surface area contributed by atoms with Crippen LogP contribution in [-0.4, -0.2) is 87.2 Å². The highest BCUT2D eigenvalue weighted by Gasteiger charge is 2.44. The lowest BCUT2D eigenvalue weighted by Crippen LogP contribution is -2.33. The van der Waals surface area contributed by atoms with Gasteiger partial charge in [0.15, 0.2) is 5.71 Å². The molecule has 0 aliphatic carbocycles. The van der Waals surface area contributed by atoms with Crippen LogP contribution in [0, 0.1) is 11.8 Å². The number of aromatic amines is 1. The van der Waals surface area contributed by atoms with Crippen LogP contribution in [0.3, 0.4) is 0 Å². The van der Waals surface area contributed by atoms with Crippen molar-refractivity contribution in [2.75, 3.05) is 31.1 Å². The van der Waals surface area contributed by atoms with Gasteiger partial charge in [-0.3, -0.25) is 29.0 Å². The highest BCUT2D eigenvalue weighted by Crippen LogP contribution is 2.49. The summed E-state index contributed by atoms with van der Waals surface area (Å²) in [5.41, 5.74) is 3.04. The Hall–Kier alpha value is -5.63. The van der Waals surface area contributed by atoms with Crippen LogP contribution in [0.1, 0.15) is 115 Å². The molecule has 0 unspecified atom stereocenters. The number of H-pyrrole nitrogens is 1. The lowest BCUT2D eigenvalue weighted by Gasteiger charge is -2.27. The molecule has 3 aliphatic rings. The Morgan fingerprint density at radius 1 is 1.00 bits per heavy atom. The predicted octanol–water partition coefficient (Wildman–Crippen LogP) is 4.88. The average Bonchev–Trinajstić information content (AvgIpc) is 3.92. The first kappa shape index (κ1) is 52.7. The summed E-state index contributed by atoms with van der Waals surface area (Å²) in [7, 11) is -4.69. The molecule has 6 rings (SSSR count). The molecule has 0 saturated carbocycles.